The first-order valence-corrected chi connectivity index (χ1v) is 9.92. The van der Waals surface area contributed by atoms with Crippen LogP contribution in [-0.4, -0.2) is 49.4 Å². The van der Waals surface area contributed by atoms with Crippen molar-refractivity contribution < 1.29 is 19.1 Å². The lowest BCUT2D eigenvalue weighted by atomic mass is 10.0. The van der Waals surface area contributed by atoms with Crippen molar-refractivity contribution in [3.8, 4) is 0 Å². The Bertz CT molecular complexity index is 625. The van der Waals surface area contributed by atoms with Crippen molar-refractivity contribution in [2.45, 2.75) is 59.6 Å². The molecule has 1 heterocycles. The molecule has 0 saturated carbocycles. The maximum absolute atomic E-state index is 11.8. The van der Waals surface area contributed by atoms with Gasteiger partial charge >= 0.3 is 6.09 Å². The fourth-order valence-corrected chi connectivity index (χ4v) is 2.70. The molecular weight excluding hydrogens is 360 g/mol. The van der Waals surface area contributed by atoms with E-state index in [-0.39, 0.29) is 12.6 Å². The van der Waals surface area contributed by atoms with Crippen molar-refractivity contribution in [3.63, 3.8) is 0 Å². The lowest BCUT2D eigenvalue weighted by molar-refractivity contribution is 0.0428. The number of carbonyl (C=O) groups is 1. The van der Waals surface area contributed by atoms with E-state index in [4.69, 9.17) is 9.15 Å². The number of alkyl carbamates (subject to hydrolysis) is 1. The molecule has 1 aromatic heterocycles. The number of nitrogens with one attached hydrogen (secondary N) is 3. The zero-order chi connectivity index (χ0) is 21.2. The van der Waals surface area contributed by atoms with Crippen LogP contribution in [0.25, 0.3) is 0 Å². The summed E-state index contributed by atoms with van der Waals surface area (Å²) in [4.78, 5) is 16.2. The average Bonchev–Trinajstić information content (AvgIpc) is 3.04. The molecule has 28 heavy (non-hydrogen) atoms. The molecule has 0 aliphatic rings. The van der Waals surface area contributed by atoms with E-state index < -0.39 is 11.7 Å². The number of ether oxygens (including phenoxy) is 1. The molecule has 2 unspecified atom stereocenters. The molecule has 0 bridgehead atoms. The molecule has 0 aliphatic carbocycles. The van der Waals surface area contributed by atoms with Gasteiger partial charge in [-0.3, -0.25) is 0 Å². The number of amides is 1. The van der Waals surface area contributed by atoms with Crippen LogP contribution in [0.2, 0.25) is 0 Å². The zero-order valence-electron chi connectivity index (χ0n) is 18.0. The van der Waals surface area contributed by atoms with E-state index in [0.717, 1.165) is 12.2 Å². The zero-order valence-corrected chi connectivity index (χ0v) is 18.0. The molecule has 0 saturated heterocycles. The van der Waals surface area contributed by atoms with Crippen molar-refractivity contribution >= 4 is 12.1 Å². The fraction of sp³-hybridized carbons (Fsp3) is 0.700. The van der Waals surface area contributed by atoms with Crippen molar-refractivity contribution in [1.82, 2.24) is 16.0 Å². The Hall–Kier alpha value is -2.22. The number of rotatable bonds is 10. The third-order valence-electron chi connectivity index (χ3n) is 4.03. The molecule has 1 aromatic rings. The van der Waals surface area contributed by atoms with E-state index in [0.29, 0.717) is 37.3 Å². The van der Waals surface area contributed by atoms with Gasteiger partial charge < -0.3 is 30.2 Å². The van der Waals surface area contributed by atoms with Gasteiger partial charge in [0.25, 0.3) is 0 Å². The van der Waals surface area contributed by atoms with Crippen LogP contribution in [0.1, 0.15) is 52.6 Å². The van der Waals surface area contributed by atoms with Crippen LogP contribution < -0.4 is 16.0 Å². The summed E-state index contributed by atoms with van der Waals surface area (Å²) in [6, 6.07) is 3.47. The minimum atomic E-state index is -1.21. The van der Waals surface area contributed by atoms with E-state index in [1.54, 1.807) is 19.9 Å². The summed E-state index contributed by atoms with van der Waals surface area (Å²) in [7, 11) is 0. The second kappa shape index (κ2) is 11.6. The number of nitrogens with zero attached hydrogens (tertiary/aromatic N) is 1. The second-order valence-electron chi connectivity index (χ2n) is 7.45. The number of guanidine groups is 1. The number of aryl methyl sites for hydroxylation is 1. The standard InChI is InChI=1S/C20H36N4O4/c1-7-21-18(23-13-20(6,26)17-10-9-15(5)28-17)22-12-16(11-14(3)4)24-19(25)27-8-2/h9-10,14,16,26H,7-8,11-13H2,1-6H3,(H,24,25)(H2,21,22,23). The van der Waals surface area contributed by atoms with Crippen LogP contribution in [0, 0.1) is 12.8 Å². The van der Waals surface area contributed by atoms with Gasteiger partial charge in [-0.1, -0.05) is 13.8 Å². The molecule has 0 aliphatic heterocycles. The maximum Gasteiger partial charge on any atom is 0.407 e. The Morgan fingerprint density at radius 1 is 1.32 bits per heavy atom. The van der Waals surface area contributed by atoms with Crippen LogP contribution in [0.5, 0.6) is 0 Å². The first-order valence-electron chi connectivity index (χ1n) is 9.92. The largest absolute Gasteiger partial charge is 0.463 e. The summed E-state index contributed by atoms with van der Waals surface area (Å²) in [6.07, 6.45) is 0.377. The monoisotopic (exact) mass is 396 g/mol. The molecule has 1 rings (SSSR count). The van der Waals surface area contributed by atoms with Gasteiger partial charge in [0.15, 0.2) is 5.96 Å². The minimum absolute atomic E-state index is 0.101. The first-order chi connectivity index (χ1) is 13.2. The molecule has 4 N–H and O–H groups in total. The Morgan fingerprint density at radius 2 is 2.04 bits per heavy atom. The number of furan rings is 1. The normalized spacial score (nSPS) is 15.1. The second-order valence-corrected chi connectivity index (χ2v) is 7.45. The van der Waals surface area contributed by atoms with Gasteiger partial charge in [0.1, 0.15) is 17.1 Å². The van der Waals surface area contributed by atoms with Crippen LogP contribution in [0.4, 0.5) is 4.79 Å². The highest BCUT2D eigenvalue weighted by Crippen LogP contribution is 2.23. The van der Waals surface area contributed by atoms with Gasteiger partial charge in [0.2, 0.25) is 0 Å². The van der Waals surface area contributed by atoms with E-state index in [1.165, 1.54) is 0 Å². The first kappa shape index (κ1) is 23.8. The van der Waals surface area contributed by atoms with Crippen molar-refractivity contribution in [2.24, 2.45) is 10.9 Å². The number of aliphatic imine (C=N–C) groups is 1. The predicted molar refractivity (Wildman–Crippen MR) is 110 cm³/mol. The SMILES string of the molecule is CCNC(=NCC(C)(O)c1ccc(C)o1)NCC(CC(C)C)NC(=O)OCC. The molecule has 8 nitrogen and oxygen atoms in total. The van der Waals surface area contributed by atoms with Crippen molar-refractivity contribution in [1.29, 1.82) is 0 Å². The van der Waals surface area contributed by atoms with Gasteiger partial charge in [-0.05, 0) is 52.2 Å². The highest BCUT2D eigenvalue weighted by molar-refractivity contribution is 5.80. The molecule has 160 valence electrons. The molecular formula is C20H36N4O4. The number of aliphatic hydroxyl groups is 1. The Balaban J connectivity index is 2.74. The topological polar surface area (TPSA) is 108 Å². The summed E-state index contributed by atoms with van der Waals surface area (Å²) < 4.78 is 10.5. The van der Waals surface area contributed by atoms with Gasteiger partial charge in [0.05, 0.1) is 13.2 Å². The molecule has 2 atom stereocenters. The molecule has 0 aromatic carbocycles. The smallest absolute Gasteiger partial charge is 0.407 e. The van der Waals surface area contributed by atoms with E-state index in [1.807, 2.05) is 19.9 Å². The lowest BCUT2D eigenvalue weighted by Crippen LogP contribution is -2.48. The quantitative estimate of drug-likeness (QED) is 0.357. The Morgan fingerprint density at radius 3 is 2.57 bits per heavy atom. The Kier molecular flexibility index (Phi) is 9.85. The van der Waals surface area contributed by atoms with Crippen LogP contribution >= 0.6 is 0 Å². The van der Waals surface area contributed by atoms with E-state index in [2.05, 4.69) is 34.8 Å². The van der Waals surface area contributed by atoms with Crippen LogP contribution in [-0.2, 0) is 10.3 Å². The molecule has 0 fully saturated rings. The predicted octanol–water partition coefficient (Wildman–Crippen LogP) is 2.51. The molecule has 8 heteroatoms. The summed E-state index contributed by atoms with van der Waals surface area (Å²) in [5.41, 5.74) is -1.21. The van der Waals surface area contributed by atoms with Crippen molar-refractivity contribution in [3.05, 3.63) is 23.7 Å². The summed E-state index contributed by atoms with van der Waals surface area (Å²) in [6.45, 7) is 13.1. The molecule has 0 spiro atoms. The fourth-order valence-electron chi connectivity index (χ4n) is 2.70. The van der Waals surface area contributed by atoms with Gasteiger partial charge in [-0.15, -0.1) is 0 Å². The number of carbonyl (C=O) groups excluding carboxylic acids is 1. The van der Waals surface area contributed by atoms with E-state index >= 15 is 0 Å². The molecule has 0 radical (unpaired) electrons. The van der Waals surface area contributed by atoms with E-state index in [9.17, 15) is 9.90 Å². The van der Waals surface area contributed by atoms with Gasteiger partial charge in [0, 0.05) is 19.1 Å². The van der Waals surface area contributed by atoms with Gasteiger partial charge in [-0.2, -0.15) is 0 Å². The van der Waals surface area contributed by atoms with Crippen molar-refractivity contribution in [2.75, 3.05) is 26.2 Å². The number of hydrogen-bond donors (Lipinski definition) is 4. The molecule has 1 amide bonds. The Labute approximate surface area is 168 Å². The summed E-state index contributed by atoms with van der Waals surface area (Å²) in [5, 5.41) is 19.9. The highest BCUT2D eigenvalue weighted by atomic mass is 16.5. The maximum atomic E-state index is 11.8. The third kappa shape index (κ3) is 8.65. The van der Waals surface area contributed by atoms with Crippen LogP contribution in [0.3, 0.4) is 0 Å². The average molecular weight is 397 g/mol. The summed E-state index contributed by atoms with van der Waals surface area (Å²) in [5.74, 6) is 2.19. The van der Waals surface area contributed by atoms with Gasteiger partial charge in [-0.25, -0.2) is 9.79 Å². The lowest BCUT2D eigenvalue weighted by Gasteiger charge is -2.23. The minimum Gasteiger partial charge on any atom is -0.463 e. The highest BCUT2D eigenvalue weighted by Gasteiger charge is 2.26. The summed E-state index contributed by atoms with van der Waals surface area (Å²) >= 11 is 0. The third-order valence-corrected chi connectivity index (χ3v) is 4.03. The number of hydrogen-bond acceptors (Lipinski definition) is 5. The van der Waals surface area contributed by atoms with Crippen LogP contribution in [0.15, 0.2) is 21.5 Å².